The van der Waals surface area contributed by atoms with Crippen molar-refractivity contribution in [3.8, 4) is 11.1 Å². The molecule has 1 heterocycles. The fraction of sp³-hybridized carbons (Fsp3) is 0.538. The van der Waals surface area contributed by atoms with E-state index < -0.39 is 5.54 Å². The molecule has 0 N–H and O–H groups in total. The quantitative estimate of drug-likeness (QED) is 0.218. The van der Waals surface area contributed by atoms with Crippen molar-refractivity contribution < 1.29 is 14.0 Å². The van der Waals surface area contributed by atoms with E-state index in [1.807, 2.05) is 31.2 Å². The number of hydrogen-bond donors (Lipinski definition) is 0. The summed E-state index contributed by atoms with van der Waals surface area (Å²) in [6, 6.07) is 10.8. The van der Waals surface area contributed by atoms with Crippen LogP contribution in [0.15, 0.2) is 53.0 Å². The maximum Gasteiger partial charge on any atom is 0.156 e. The van der Waals surface area contributed by atoms with Crippen LogP contribution in [0.5, 0.6) is 0 Å². The average Bonchev–Trinajstić information content (AvgIpc) is 3.82. The predicted octanol–water partition coefficient (Wildman–Crippen LogP) is 10.4. The van der Waals surface area contributed by atoms with Crippen LogP contribution < -0.4 is 0 Å². The Hall–Kier alpha value is -3.25. The maximum atomic E-state index is 14.7. The highest BCUT2D eigenvalue weighted by Crippen LogP contribution is 2.30. The third-order valence-electron chi connectivity index (χ3n) is 7.05. The van der Waals surface area contributed by atoms with E-state index in [2.05, 4.69) is 63.1 Å². The molecule has 2 aliphatic rings. The van der Waals surface area contributed by atoms with Gasteiger partial charge in [-0.2, -0.15) is 0 Å². The number of ketones is 1. The maximum absolute atomic E-state index is 14.7. The summed E-state index contributed by atoms with van der Waals surface area (Å²) in [4.78, 5) is 32.3. The summed E-state index contributed by atoms with van der Waals surface area (Å²) in [6.07, 6.45) is 10.6. The Labute approximate surface area is 274 Å². The molecule has 6 heteroatoms. The number of carbonyl (C=O) groups excluding carboxylic acids is 2. The molecule has 2 aromatic carbocycles. The molecule has 1 aliphatic heterocycles. The Morgan fingerprint density at radius 1 is 1.00 bits per heavy atom. The van der Waals surface area contributed by atoms with Gasteiger partial charge in [0, 0.05) is 36.5 Å². The van der Waals surface area contributed by atoms with Gasteiger partial charge >= 0.3 is 0 Å². The van der Waals surface area contributed by atoms with Crippen LogP contribution in [0.25, 0.3) is 17.2 Å². The van der Waals surface area contributed by atoms with Gasteiger partial charge in [-0.05, 0) is 95.3 Å². The molecule has 0 bridgehead atoms. The molecule has 0 radical (unpaired) electrons. The number of rotatable bonds is 8. The van der Waals surface area contributed by atoms with Crippen LogP contribution in [-0.4, -0.2) is 54.6 Å². The lowest BCUT2D eigenvalue weighted by atomic mass is 9.98. The number of nitrogens with zero attached hydrogens (tertiary/aromatic N) is 3. The van der Waals surface area contributed by atoms with Crippen LogP contribution in [0.1, 0.15) is 112 Å². The summed E-state index contributed by atoms with van der Waals surface area (Å²) in [6.45, 7) is 25.7. The van der Waals surface area contributed by atoms with Crippen molar-refractivity contribution in [3.63, 3.8) is 0 Å². The Bertz CT molecular complexity index is 1240. The van der Waals surface area contributed by atoms with Crippen LogP contribution in [0.2, 0.25) is 0 Å². The standard InChI is InChI=1S/C23H25FN2O.C6H13N.C4H6O.2C3H8/c1-7-17-9-10-19(14-22(17)25-8-2)18-11-12-20(21(24)13-18)15(3)26-23(5,6)16(4)27;1-3-6-4-7(2)5-6;5-3-4-1-2-4;2*1-3-2/h7-14H,1H2,2-6H3;6H,3-5H2,1-2H3;3-4H,1-2H2;2*3H2,1-2H3. The highest BCUT2D eigenvalue weighted by Gasteiger charge is 2.23. The molecule has 250 valence electrons. The first kappa shape index (κ1) is 41.8. The van der Waals surface area contributed by atoms with Crippen molar-refractivity contribution >= 4 is 35.8 Å². The minimum atomic E-state index is -0.872. The third-order valence-corrected chi connectivity index (χ3v) is 7.05. The van der Waals surface area contributed by atoms with Gasteiger partial charge in [0.05, 0.1) is 5.69 Å². The van der Waals surface area contributed by atoms with E-state index in [9.17, 15) is 14.0 Å². The van der Waals surface area contributed by atoms with Crippen LogP contribution >= 0.6 is 0 Å². The fourth-order valence-corrected chi connectivity index (χ4v) is 4.01. The molecule has 1 saturated heterocycles. The topological polar surface area (TPSA) is 62.1 Å². The summed E-state index contributed by atoms with van der Waals surface area (Å²) >= 11 is 0. The van der Waals surface area contributed by atoms with Gasteiger partial charge in [-0.25, -0.2) is 4.39 Å². The normalized spacial score (nSPS) is 14.6. The zero-order valence-corrected chi connectivity index (χ0v) is 30.0. The minimum absolute atomic E-state index is 0.0646. The van der Waals surface area contributed by atoms with Gasteiger partial charge in [0.2, 0.25) is 0 Å². The first-order valence-electron chi connectivity index (χ1n) is 16.5. The number of carbonyl (C=O) groups is 2. The molecule has 5 nitrogen and oxygen atoms in total. The monoisotopic (exact) mass is 621 g/mol. The molecular weight excluding hydrogens is 561 g/mol. The highest BCUT2D eigenvalue weighted by molar-refractivity contribution is 6.01. The lowest BCUT2D eigenvalue weighted by Gasteiger charge is -2.35. The number of aldehydes is 1. The second-order valence-electron chi connectivity index (χ2n) is 12.3. The Balaban J connectivity index is 0.000000862. The molecule has 45 heavy (non-hydrogen) atoms. The minimum Gasteiger partial charge on any atom is -0.306 e. The highest BCUT2D eigenvalue weighted by atomic mass is 19.1. The molecule has 0 spiro atoms. The average molecular weight is 622 g/mol. The van der Waals surface area contributed by atoms with Gasteiger partial charge in [0.1, 0.15) is 17.6 Å². The van der Waals surface area contributed by atoms with Crippen molar-refractivity contribution in [2.45, 2.75) is 107 Å². The number of benzene rings is 2. The Morgan fingerprint density at radius 2 is 1.53 bits per heavy atom. The number of Topliss-reactive ketones (excluding diaryl/α,β-unsaturated/α-hetero) is 1. The van der Waals surface area contributed by atoms with Gasteiger partial charge in [0.15, 0.2) is 5.78 Å². The smallest absolute Gasteiger partial charge is 0.156 e. The summed E-state index contributed by atoms with van der Waals surface area (Å²) in [5.41, 5.74) is 3.34. The van der Waals surface area contributed by atoms with Crippen LogP contribution in [-0.2, 0) is 9.59 Å². The third kappa shape index (κ3) is 16.0. The van der Waals surface area contributed by atoms with E-state index >= 15 is 0 Å². The predicted molar refractivity (Wildman–Crippen MR) is 195 cm³/mol. The molecule has 0 atom stereocenters. The van der Waals surface area contributed by atoms with E-state index in [-0.39, 0.29) is 11.6 Å². The molecule has 4 rings (SSSR count). The number of halogens is 1. The zero-order valence-electron chi connectivity index (χ0n) is 30.0. The number of hydrogen-bond acceptors (Lipinski definition) is 5. The summed E-state index contributed by atoms with van der Waals surface area (Å²) in [7, 11) is 2.17. The molecule has 0 aromatic heterocycles. The molecular formula is C39H60FN3O2. The summed E-state index contributed by atoms with van der Waals surface area (Å²) in [5, 5.41) is 0. The molecule has 2 fully saturated rings. The van der Waals surface area contributed by atoms with Gasteiger partial charge in [0.25, 0.3) is 0 Å². The van der Waals surface area contributed by atoms with E-state index in [0.29, 0.717) is 17.2 Å². The first-order chi connectivity index (χ1) is 21.3. The van der Waals surface area contributed by atoms with Crippen molar-refractivity contribution in [3.05, 3.63) is 59.9 Å². The van der Waals surface area contributed by atoms with Gasteiger partial charge < -0.3 is 9.69 Å². The van der Waals surface area contributed by atoms with Gasteiger partial charge in [-0.15, -0.1) is 0 Å². The molecule has 0 unspecified atom stereocenters. The van der Waals surface area contributed by atoms with Crippen molar-refractivity contribution in [1.29, 1.82) is 0 Å². The zero-order chi connectivity index (χ0) is 34.6. The lowest BCUT2D eigenvalue weighted by molar-refractivity contribution is -0.120. The van der Waals surface area contributed by atoms with Crippen molar-refractivity contribution in [1.82, 2.24) is 4.90 Å². The molecule has 2 aromatic rings. The largest absolute Gasteiger partial charge is 0.306 e. The van der Waals surface area contributed by atoms with Gasteiger partial charge in [-0.1, -0.05) is 84.7 Å². The number of likely N-dealkylation sites (tertiary alicyclic amines) is 1. The fourth-order valence-electron chi connectivity index (χ4n) is 4.01. The van der Waals surface area contributed by atoms with Gasteiger partial charge in [-0.3, -0.25) is 14.8 Å². The number of aliphatic imine (C=N–C) groups is 2. The van der Waals surface area contributed by atoms with E-state index in [1.54, 1.807) is 39.1 Å². The van der Waals surface area contributed by atoms with Crippen molar-refractivity contribution in [2.75, 3.05) is 20.1 Å². The molecule has 0 amide bonds. The van der Waals surface area contributed by atoms with Crippen LogP contribution in [0.4, 0.5) is 10.1 Å². The SMILES string of the molecule is C=Cc1ccc(-c2ccc(C(C)=NC(C)(C)C(C)=O)c(F)c2)cc1N=CC.CCC.CCC.CCC1CN(C)C1.O=CC1CC1. The second-order valence-corrected chi connectivity index (χ2v) is 12.3. The summed E-state index contributed by atoms with van der Waals surface area (Å²) in [5.74, 6) is 1.03. The van der Waals surface area contributed by atoms with Crippen LogP contribution in [0.3, 0.4) is 0 Å². The molecule has 1 aliphatic carbocycles. The first-order valence-corrected chi connectivity index (χ1v) is 16.5. The lowest BCUT2D eigenvalue weighted by Crippen LogP contribution is -2.42. The van der Waals surface area contributed by atoms with E-state index in [4.69, 9.17) is 0 Å². The second kappa shape index (κ2) is 22.3. The van der Waals surface area contributed by atoms with E-state index in [0.717, 1.165) is 47.4 Å². The van der Waals surface area contributed by atoms with E-state index in [1.165, 1.54) is 45.3 Å². The van der Waals surface area contributed by atoms with Crippen LogP contribution in [0, 0.1) is 17.7 Å². The Morgan fingerprint density at radius 3 is 1.89 bits per heavy atom. The summed E-state index contributed by atoms with van der Waals surface area (Å²) < 4.78 is 14.7. The Kier molecular flexibility index (Phi) is 20.7. The molecule has 1 saturated carbocycles. The van der Waals surface area contributed by atoms with Crippen molar-refractivity contribution in [2.24, 2.45) is 21.8 Å².